The molecule has 18 heavy (non-hydrogen) atoms. The first-order valence-corrected chi connectivity index (χ1v) is 5.97. The van der Waals surface area contributed by atoms with Crippen molar-refractivity contribution in [1.29, 1.82) is 0 Å². The number of esters is 1. The summed E-state index contributed by atoms with van der Waals surface area (Å²) in [6.07, 6.45) is 1.39. The molecule has 2 heterocycles. The van der Waals surface area contributed by atoms with Gasteiger partial charge < -0.3 is 14.7 Å². The number of hydrogen-bond donors (Lipinski definition) is 1. The number of anilines is 1. The number of aromatic nitrogens is 2. The van der Waals surface area contributed by atoms with E-state index in [9.17, 15) is 9.90 Å². The van der Waals surface area contributed by atoms with Crippen LogP contribution in [0.25, 0.3) is 0 Å². The predicted molar refractivity (Wildman–Crippen MR) is 65.6 cm³/mol. The zero-order chi connectivity index (χ0) is 13.1. The lowest BCUT2D eigenvalue weighted by Gasteiger charge is -2.31. The maximum atomic E-state index is 11.4. The van der Waals surface area contributed by atoms with E-state index in [0.717, 1.165) is 19.4 Å². The fourth-order valence-corrected chi connectivity index (χ4v) is 2.06. The number of β-amino-alcohol motifs (C(OH)–C–C–N with tert-alkyl or cyclic N) is 1. The van der Waals surface area contributed by atoms with Crippen LogP contribution in [0.4, 0.5) is 5.82 Å². The Kier molecular flexibility index (Phi) is 3.76. The Morgan fingerprint density at radius 2 is 2.33 bits per heavy atom. The lowest BCUT2D eigenvalue weighted by molar-refractivity contribution is 0.0586. The van der Waals surface area contributed by atoms with Crippen LogP contribution in [0.2, 0.25) is 0 Å². The number of methoxy groups -OCH3 is 1. The van der Waals surface area contributed by atoms with Gasteiger partial charge >= 0.3 is 5.97 Å². The number of ether oxygens (including phenoxy) is 1. The van der Waals surface area contributed by atoms with E-state index in [1.165, 1.54) is 7.11 Å². The minimum absolute atomic E-state index is 0.0626. The van der Waals surface area contributed by atoms with E-state index < -0.39 is 5.97 Å². The van der Waals surface area contributed by atoms with Gasteiger partial charge in [0.15, 0.2) is 0 Å². The van der Waals surface area contributed by atoms with Crippen molar-refractivity contribution < 1.29 is 14.6 Å². The quantitative estimate of drug-likeness (QED) is 0.773. The number of rotatable bonds is 2. The molecule has 1 aromatic rings. The molecule has 1 N–H and O–H groups in total. The van der Waals surface area contributed by atoms with Crippen molar-refractivity contribution in [1.82, 2.24) is 9.97 Å². The summed E-state index contributed by atoms with van der Waals surface area (Å²) in [5.41, 5.74) is 0.709. The minimum Gasteiger partial charge on any atom is -0.463 e. The van der Waals surface area contributed by atoms with Gasteiger partial charge in [0.1, 0.15) is 5.82 Å². The Hall–Kier alpha value is -1.69. The van der Waals surface area contributed by atoms with Crippen molar-refractivity contribution in [2.45, 2.75) is 25.9 Å². The first-order valence-electron chi connectivity index (χ1n) is 5.97. The second-order valence-electron chi connectivity index (χ2n) is 4.42. The maximum Gasteiger partial charge on any atom is 0.376 e. The van der Waals surface area contributed by atoms with Gasteiger partial charge in [0, 0.05) is 24.8 Å². The first kappa shape index (κ1) is 12.8. The number of carbonyl (C=O) groups is 1. The largest absolute Gasteiger partial charge is 0.463 e. The van der Waals surface area contributed by atoms with Gasteiger partial charge in [0.25, 0.3) is 0 Å². The zero-order valence-electron chi connectivity index (χ0n) is 10.6. The molecule has 6 heteroatoms. The van der Waals surface area contributed by atoms with Crippen LogP contribution in [0.5, 0.6) is 0 Å². The average Bonchev–Trinajstić information content (AvgIpc) is 2.37. The number of aliphatic hydroxyl groups is 1. The van der Waals surface area contributed by atoms with Gasteiger partial charge in [0.05, 0.1) is 13.2 Å². The molecule has 2 rings (SSSR count). The van der Waals surface area contributed by atoms with Crippen LogP contribution in [0.1, 0.15) is 29.2 Å². The van der Waals surface area contributed by atoms with Crippen molar-refractivity contribution in [2.75, 3.05) is 25.1 Å². The number of aliphatic hydroxyl groups excluding tert-OH is 1. The highest BCUT2D eigenvalue weighted by molar-refractivity contribution is 5.85. The van der Waals surface area contributed by atoms with E-state index in [0.29, 0.717) is 18.1 Å². The number of hydrogen-bond acceptors (Lipinski definition) is 6. The van der Waals surface area contributed by atoms with Crippen molar-refractivity contribution in [2.24, 2.45) is 0 Å². The lowest BCUT2D eigenvalue weighted by atomic mass is 10.1. The van der Waals surface area contributed by atoms with E-state index in [4.69, 9.17) is 0 Å². The Morgan fingerprint density at radius 1 is 1.56 bits per heavy atom. The van der Waals surface area contributed by atoms with Gasteiger partial charge in [-0.05, 0) is 19.8 Å². The molecule has 0 bridgehead atoms. The van der Waals surface area contributed by atoms with Crippen LogP contribution in [0, 0.1) is 6.92 Å². The zero-order valence-corrected chi connectivity index (χ0v) is 10.6. The summed E-state index contributed by atoms with van der Waals surface area (Å²) in [6, 6.07) is 1.81. The second kappa shape index (κ2) is 5.30. The normalized spacial score (nSPS) is 19.7. The third-order valence-corrected chi connectivity index (χ3v) is 2.93. The molecule has 6 nitrogen and oxygen atoms in total. The highest BCUT2D eigenvalue weighted by Crippen LogP contribution is 2.18. The molecule has 1 aliphatic heterocycles. The molecule has 1 aliphatic rings. The van der Waals surface area contributed by atoms with Gasteiger partial charge in [-0.2, -0.15) is 0 Å². The molecule has 1 saturated heterocycles. The molecular weight excluding hydrogens is 234 g/mol. The molecule has 1 aromatic heterocycles. The average molecular weight is 251 g/mol. The van der Waals surface area contributed by atoms with Crippen LogP contribution in [0.3, 0.4) is 0 Å². The Balaban J connectivity index is 2.27. The first-order chi connectivity index (χ1) is 8.60. The van der Waals surface area contributed by atoms with Gasteiger partial charge in [0.2, 0.25) is 5.82 Å². The summed E-state index contributed by atoms with van der Waals surface area (Å²) in [5, 5.41) is 9.66. The standard InChI is InChI=1S/C12H17N3O3/c1-8-6-10(14-11(13-8)12(17)18-2)15-5-3-4-9(16)7-15/h6,9,16H,3-5,7H2,1-2H3/t9-/m0/s1. The number of aryl methyl sites for hydroxylation is 1. The Bertz CT molecular complexity index is 450. The molecule has 0 saturated carbocycles. The third kappa shape index (κ3) is 2.76. The SMILES string of the molecule is COC(=O)c1nc(C)cc(N2CCC[C@H](O)C2)n1. The molecule has 0 aliphatic carbocycles. The molecule has 0 amide bonds. The molecule has 0 spiro atoms. The van der Waals surface area contributed by atoms with E-state index in [-0.39, 0.29) is 11.9 Å². The van der Waals surface area contributed by atoms with Crippen molar-refractivity contribution in [3.05, 3.63) is 17.6 Å². The summed E-state index contributed by atoms with van der Waals surface area (Å²) in [7, 11) is 1.30. The molecule has 0 aromatic carbocycles. The van der Waals surface area contributed by atoms with Crippen LogP contribution in [-0.4, -0.2) is 47.3 Å². The van der Waals surface area contributed by atoms with Crippen molar-refractivity contribution in [3.8, 4) is 0 Å². The van der Waals surface area contributed by atoms with E-state index in [1.54, 1.807) is 6.92 Å². The smallest absolute Gasteiger partial charge is 0.376 e. The highest BCUT2D eigenvalue weighted by atomic mass is 16.5. The maximum absolute atomic E-state index is 11.4. The van der Waals surface area contributed by atoms with Crippen LogP contribution < -0.4 is 4.90 Å². The second-order valence-corrected chi connectivity index (χ2v) is 4.42. The Labute approximate surface area is 106 Å². The highest BCUT2D eigenvalue weighted by Gasteiger charge is 2.21. The fourth-order valence-electron chi connectivity index (χ4n) is 2.06. The summed E-state index contributed by atoms with van der Waals surface area (Å²) in [5.74, 6) is 0.187. The predicted octanol–water partition coefficient (Wildman–Crippen LogP) is 0.533. The summed E-state index contributed by atoms with van der Waals surface area (Å²) >= 11 is 0. The summed E-state index contributed by atoms with van der Waals surface area (Å²) in [6.45, 7) is 3.17. The molecule has 98 valence electrons. The molecular formula is C12H17N3O3. The van der Waals surface area contributed by atoms with E-state index >= 15 is 0 Å². The molecule has 0 radical (unpaired) electrons. The van der Waals surface area contributed by atoms with Crippen LogP contribution in [0.15, 0.2) is 6.07 Å². The number of carbonyl (C=O) groups excluding carboxylic acids is 1. The number of nitrogens with zero attached hydrogens (tertiary/aromatic N) is 3. The van der Waals surface area contributed by atoms with Gasteiger partial charge in [-0.25, -0.2) is 14.8 Å². The van der Waals surface area contributed by atoms with Crippen molar-refractivity contribution in [3.63, 3.8) is 0 Å². The third-order valence-electron chi connectivity index (χ3n) is 2.93. The van der Waals surface area contributed by atoms with Crippen molar-refractivity contribution >= 4 is 11.8 Å². The van der Waals surface area contributed by atoms with Gasteiger partial charge in [-0.3, -0.25) is 0 Å². The molecule has 1 atom stereocenters. The van der Waals surface area contributed by atoms with Crippen LogP contribution in [-0.2, 0) is 4.74 Å². The Morgan fingerprint density at radius 3 is 3.00 bits per heavy atom. The monoisotopic (exact) mass is 251 g/mol. The topological polar surface area (TPSA) is 75.5 Å². The summed E-state index contributed by atoms with van der Waals surface area (Å²) < 4.78 is 4.62. The van der Waals surface area contributed by atoms with E-state index in [1.807, 2.05) is 11.0 Å². The minimum atomic E-state index is -0.544. The molecule has 1 fully saturated rings. The van der Waals surface area contributed by atoms with Crippen LogP contribution >= 0.6 is 0 Å². The fraction of sp³-hybridized carbons (Fsp3) is 0.583. The van der Waals surface area contributed by atoms with E-state index in [2.05, 4.69) is 14.7 Å². The lowest BCUT2D eigenvalue weighted by Crippen LogP contribution is -2.39. The number of piperidine rings is 1. The molecule has 0 unspecified atom stereocenters. The summed E-state index contributed by atoms with van der Waals surface area (Å²) in [4.78, 5) is 21.7. The van der Waals surface area contributed by atoms with Gasteiger partial charge in [-0.15, -0.1) is 0 Å². The van der Waals surface area contributed by atoms with Gasteiger partial charge in [-0.1, -0.05) is 0 Å².